The fraction of sp³-hybridized carbons (Fsp3) is 0.292. The Morgan fingerprint density at radius 1 is 1.21 bits per heavy atom. The van der Waals surface area contributed by atoms with Gasteiger partial charge in [-0.2, -0.15) is 0 Å². The normalized spacial score (nSPS) is 16.9. The number of benzene rings is 2. The Hall–Kier alpha value is -4.21. The highest BCUT2D eigenvalue weighted by atomic mass is 16.7. The van der Waals surface area contributed by atoms with Crippen LogP contribution in [0.3, 0.4) is 0 Å². The van der Waals surface area contributed by atoms with Crippen LogP contribution < -0.4 is 19.5 Å². The molecule has 0 spiro atoms. The Kier molecular flexibility index (Phi) is 6.31. The van der Waals surface area contributed by atoms with Gasteiger partial charge in [0.15, 0.2) is 11.5 Å². The minimum absolute atomic E-state index is 0.0419. The lowest BCUT2D eigenvalue weighted by atomic mass is 9.94. The number of aromatic carboxylic acids is 1. The van der Waals surface area contributed by atoms with E-state index in [1.807, 2.05) is 0 Å². The third-order valence-corrected chi connectivity index (χ3v) is 5.65. The number of ether oxygens (including phenoxy) is 4. The van der Waals surface area contributed by atoms with Crippen molar-refractivity contribution in [3.05, 3.63) is 64.4 Å². The molecule has 0 aliphatic carbocycles. The summed E-state index contributed by atoms with van der Waals surface area (Å²) in [7, 11) is 1.49. The first kappa shape index (κ1) is 23.0. The summed E-state index contributed by atoms with van der Waals surface area (Å²) in [5.41, 5.74) is 2.10. The highest BCUT2D eigenvalue weighted by Crippen LogP contribution is 2.45. The average Bonchev–Trinajstić information content (AvgIpc) is 3.30. The Morgan fingerprint density at radius 2 is 1.94 bits per heavy atom. The van der Waals surface area contributed by atoms with Gasteiger partial charge in [0, 0.05) is 5.70 Å². The van der Waals surface area contributed by atoms with Crippen molar-refractivity contribution in [1.29, 1.82) is 0 Å². The largest absolute Gasteiger partial charge is 0.493 e. The van der Waals surface area contributed by atoms with Crippen molar-refractivity contribution in [2.24, 2.45) is 0 Å². The van der Waals surface area contributed by atoms with E-state index in [2.05, 4.69) is 5.32 Å². The first-order valence-electron chi connectivity index (χ1n) is 10.6. The molecule has 0 aromatic heterocycles. The number of allylic oxidation sites excluding steroid dienone is 1. The fourth-order valence-electron chi connectivity index (χ4n) is 3.95. The van der Waals surface area contributed by atoms with E-state index >= 15 is 0 Å². The van der Waals surface area contributed by atoms with Crippen molar-refractivity contribution < 1.29 is 38.4 Å². The van der Waals surface area contributed by atoms with Gasteiger partial charge < -0.3 is 29.4 Å². The number of carboxylic acids is 1. The molecule has 34 heavy (non-hydrogen) atoms. The molecule has 2 aromatic rings. The number of carbonyl (C=O) groups excluding carboxylic acids is 2. The second kappa shape index (κ2) is 9.34. The monoisotopic (exact) mass is 468 g/mol. The van der Waals surface area contributed by atoms with Gasteiger partial charge in [-0.25, -0.2) is 14.4 Å². The summed E-state index contributed by atoms with van der Waals surface area (Å²) >= 11 is 0. The van der Waals surface area contributed by atoms with Crippen LogP contribution in [0.4, 0.5) is 4.79 Å². The van der Waals surface area contributed by atoms with E-state index in [1.54, 1.807) is 38.1 Å². The number of fused-ring (bicyclic) bond motifs is 1. The molecular formula is C24H24N2O8. The van der Waals surface area contributed by atoms with Crippen molar-refractivity contribution in [3.63, 3.8) is 0 Å². The van der Waals surface area contributed by atoms with Crippen LogP contribution in [0.15, 0.2) is 47.7 Å². The summed E-state index contributed by atoms with van der Waals surface area (Å²) in [6.07, 6.45) is 0. The summed E-state index contributed by atoms with van der Waals surface area (Å²) in [6, 6.07) is 8.34. The molecule has 2 amide bonds. The molecule has 10 heteroatoms. The molecule has 178 valence electrons. The molecule has 0 fully saturated rings. The molecule has 10 nitrogen and oxygen atoms in total. The molecule has 0 radical (unpaired) electrons. The number of hydrogen-bond acceptors (Lipinski definition) is 7. The molecule has 2 heterocycles. The van der Waals surface area contributed by atoms with Crippen LogP contribution in [0.2, 0.25) is 0 Å². The van der Waals surface area contributed by atoms with Crippen molar-refractivity contribution >= 4 is 18.0 Å². The van der Waals surface area contributed by atoms with Crippen LogP contribution in [0.25, 0.3) is 0 Å². The minimum Gasteiger partial charge on any atom is -0.493 e. The molecule has 0 saturated carbocycles. The quantitative estimate of drug-likeness (QED) is 0.594. The molecule has 1 atom stereocenters. The molecule has 2 aliphatic rings. The van der Waals surface area contributed by atoms with E-state index in [9.17, 15) is 14.4 Å². The van der Waals surface area contributed by atoms with Gasteiger partial charge in [0.25, 0.3) is 0 Å². The van der Waals surface area contributed by atoms with Crippen LogP contribution in [0.1, 0.15) is 41.4 Å². The summed E-state index contributed by atoms with van der Waals surface area (Å²) in [6.45, 7) is 3.72. The molecular weight excluding hydrogens is 444 g/mol. The molecule has 1 unspecified atom stereocenters. The summed E-state index contributed by atoms with van der Waals surface area (Å²) in [5.74, 6) is -0.275. The van der Waals surface area contributed by atoms with Crippen molar-refractivity contribution in [2.45, 2.75) is 26.4 Å². The third kappa shape index (κ3) is 4.21. The predicted octanol–water partition coefficient (Wildman–Crippen LogP) is 3.23. The zero-order valence-electron chi connectivity index (χ0n) is 18.9. The maximum absolute atomic E-state index is 13.1. The summed E-state index contributed by atoms with van der Waals surface area (Å²) in [4.78, 5) is 38.7. The molecule has 0 saturated heterocycles. The number of nitrogens with one attached hydrogen (secondary N) is 1. The lowest BCUT2D eigenvalue weighted by Gasteiger charge is -2.35. The second-order valence-corrected chi connectivity index (χ2v) is 7.65. The Labute approximate surface area is 195 Å². The SMILES string of the molecule is CCOC(=O)C1=C(C)N(Cc2ccc(C(=O)O)cc2)C(=O)NC1c1cc(OC)c2c(c1)OCO2. The number of amides is 2. The van der Waals surface area contributed by atoms with Gasteiger partial charge in [-0.1, -0.05) is 12.1 Å². The number of urea groups is 1. The molecule has 2 N–H and O–H groups in total. The highest BCUT2D eigenvalue weighted by molar-refractivity contribution is 5.95. The van der Waals surface area contributed by atoms with E-state index in [1.165, 1.54) is 24.1 Å². The van der Waals surface area contributed by atoms with Crippen molar-refractivity contribution in [3.8, 4) is 17.2 Å². The zero-order valence-corrected chi connectivity index (χ0v) is 18.9. The number of esters is 1. The average molecular weight is 468 g/mol. The van der Waals surface area contributed by atoms with E-state index in [0.717, 1.165) is 0 Å². The number of carbonyl (C=O) groups is 3. The van der Waals surface area contributed by atoms with Crippen LogP contribution in [0, 0.1) is 0 Å². The van der Waals surface area contributed by atoms with Crippen LogP contribution >= 0.6 is 0 Å². The van der Waals surface area contributed by atoms with Gasteiger partial charge >= 0.3 is 18.0 Å². The number of nitrogens with zero attached hydrogens (tertiary/aromatic N) is 1. The van der Waals surface area contributed by atoms with Gasteiger partial charge in [0.1, 0.15) is 0 Å². The topological polar surface area (TPSA) is 124 Å². The van der Waals surface area contributed by atoms with E-state index < -0.39 is 24.0 Å². The zero-order chi connectivity index (χ0) is 24.4. The Bertz CT molecular complexity index is 1170. The van der Waals surface area contributed by atoms with Crippen LogP contribution in [-0.4, -0.2) is 48.5 Å². The van der Waals surface area contributed by atoms with Crippen LogP contribution in [0.5, 0.6) is 17.2 Å². The van der Waals surface area contributed by atoms with E-state index in [4.69, 9.17) is 24.1 Å². The number of rotatable bonds is 7. The molecule has 2 aliphatic heterocycles. The molecule has 2 aromatic carbocycles. The second-order valence-electron chi connectivity index (χ2n) is 7.65. The summed E-state index contributed by atoms with van der Waals surface area (Å²) < 4.78 is 21.6. The van der Waals surface area contributed by atoms with Gasteiger partial charge in [-0.15, -0.1) is 0 Å². The van der Waals surface area contributed by atoms with Gasteiger partial charge in [-0.05, 0) is 49.2 Å². The van der Waals surface area contributed by atoms with Crippen molar-refractivity contribution in [2.75, 3.05) is 20.5 Å². The van der Waals surface area contributed by atoms with Gasteiger partial charge in [0.2, 0.25) is 12.5 Å². The maximum atomic E-state index is 13.1. The first-order valence-corrected chi connectivity index (χ1v) is 10.6. The predicted molar refractivity (Wildman–Crippen MR) is 119 cm³/mol. The standard InChI is InChI=1S/C24H24N2O8/c1-4-32-23(29)19-13(2)26(11-14-5-7-15(8-6-14)22(27)28)24(30)25-20(19)16-9-17(31-3)21-18(10-16)33-12-34-21/h5-10,20H,4,11-12H2,1-3H3,(H,25,30)(H,27,28). The van der Waals surface area contributed by atoms with E-state index in [0.29, 0.717) is 34.1 Å². The fourth-order valence-corrected chi connectivity index (χ4v) is 3.95. The van der Waals surface area contributed by atoms with Crippen LogP contribution in [-0.2, 0) is 16.1 Å². The third-order valence-electron chi connectivity index (χ3n) is 5.65. The molecule has 4 rings (SSSR count). The lowest BCUT2D eigenvalue weighted by molar-refractivity contribution is -0.139. The number of methoxy groups -OCH3 is 1. The Balaban J connectivity index is 1.73. The smallest absolute Gasteiger partial charge is 0.338 e. The van der Waals surface area contributed by atoms with Gasteiger partial charge in [0.05, 0.1) is 37.4 Å². The van der Waals surface area contributed by atoms with Gasteiger partial charge in [-0.3, -0.25) is 4.90 Å². The first-order chi connectivity index (χ1) is 16.3. The van der Waals surface area contributed by atoms with Crippen molar-refractivity contribution in [1.82, 2.24) is 10.2 Å². The number of carboxylic acid groups (broad SMARTS) is 1. The highest BCUT2D eigenvalue weighted by Gasteiger charge is 2.37. The Morgan fingerprint density at radius 3 is 2.59 bits per heavy atom. The number of hydrogen-bond donors (Lipinski definition) is 2. The summed E-state index contributed by atoms with van der Waals surface area (Å²) in [5, 5.41) is 12.0. The minimum atomic E-state index is -1.04. The molecule has 0 bridgehead atoms. The lowest BCUT2D eigenvalue weighted by Crippen LogP contribution is -2.47. The van der Waals surface area contributed by atoms with E-state index in [-0.39, 0.29) is 31.1 Å². The maximum Gasteiger partial charge on any atom is 0.338 e.